The molecule has 2 nitrogen and oxygen atoms in total. The molecule has 0 unspecified atom stereocenters. The summed E-state index contributed by atoms with van der Waals surface area (Å²) in [7, 11) is 0. The Bertz CT molecular complexity index is 1070. The fourth-order valence-electron chi connectivity index (χ4n) is 3.27. The maximum absolute atomic E-state index is 13.8. The van der Waals surface area contributed by atoms with Gasteiger partial charge >= 0.3 is 0 Å². The average molecular weight is 365 g/mol. The largest absolute Gasteiger partial charge is 0.358 e. The summed E-state index contributed by atoms with van der Waals surface area (Å²) in [6, 6.07) is 14.5. The predicted molar refractivity (Wildman–Crippen MR) is 114 cm³/mol. The second-order valence-corrected chi connectivity index (χ2v) is 8.03. The predicted octanol–water partition coefficient (Wildman–Crippen LogP) is 7.34. The smallest absolute Gasteiger partial charge is 0.151 e. The van der Waals surface area contributed by atoms with Crippen LogP contribution in [0.15, 0.2) is 42.5 Å². The number of hydrogen-bond donors (Lipinski definition) is 2. The number of halogens is 1. The van der Waals surface area contributed by atoms with Crippen LogP contribution in [0.5, 0.6) is 0 Å². The van der Waals surface area contributed by atoms with Gasteiger partial charge in [0.25, 0.3) is 0 Å². The Hall–Kier alpha value is -2.55. The first-order chi connectivity index (χ1) is 12.8. The van der Waals surface area contributed by atoms with Crippen LogP contribution in [-0.4, -0.2) is 9.97 Å². The highest BCUT2D eigenvalue weighted by Gasteiger charge is 2.13. The topological polar surface area (TPSA) is 31.6 Å². The van der Waals surface area contributed by atoms with E-state index < -0.39 is 0 Å². The Kier molecular flexibility index (Phi) is 5.41. The highest BCUT2D eigenvalue weighted by Crippen LogP contribution is 2.26. The fourth-order valence-corrected chi connectivity index (χ4v) is 3.27. The second kappa shape index (κ2) is 7.59. The number of aromatic amines is 2. The summed E-state index contributed by atoms with van der Waals surface area (Å²) in [5.74, 6) is 0.672. The van der Waals surface area contributed by atoms with Crippen molar-refractivity contribution < 1.29 is 4.39 Å². The van der Waals surface area contributed by atoms with Gasteiger partial charge in [-0.2, -0.15) is 0 Å². The van der Waals surface area contributed by atoms with E-state index >= 15 is 0 Å². The molecule has 0 aliphatic carbocycles. The molecule has 0 radical (unpaired) electrons. The van der Waals surface area contributed by atoms with Gasteiger partial charge in [-0.05, 0) is 66.5 Å². The van der Waals surface area contributed by atoms with E-state index in [-0.39, 0.29) is 11.7 Å². The van der Waals surface area contributed by atoms with Crippen LogP contribution in [-0.2, 0) is 0 Å². The maximum Gasteiger partial charge on any atom is 0.151 e. The van der Waals surface area contributed by atoms with E-state index in [1.54, 1.807) is 0 Å². The minimum Gasteiger partial charge on any atom is -0.358 e. The van der Waals surface area contributed by atoms with Crippen molar-refractivity contribution in [1.29, 1.82) is 0 Å². The summed E-state index contributed by atoms with van der Waals surface area (Å²) in [6.07, 6.45) is 0. The van der Waals surface area contributed by atoms with E-state index in [0.717, 1.165) is 11.1 Å². The SMILES string of the molecule is Cc1ccc2c(F)c(C(C)C)[nH]c2c1.Cc1ccc2cc(C(C)C)[nH]c2c1. The molecule has 2 aromatic carbocycles. The normalized spacial score (nSPS) is 11.4. The Morgan fingerprint density at radius 3 is 2.00 bits per heavy atom. The van der Waals surface area contributed by atoms with E-state index in [9.17, 15) is 4.39 Å². The standard InChI is InChI=1S/C12H14FN.C12H15N/c1-7(2)12-11(13)9-5-4-8(3)6-10(9)14-12;1-8(2)11-7-10-5-4-9(3)6-12(10)13-11/h4-7,14H,1-3H3;4-8,13H,1-3H3. The molecule has 27 heavy (non-hydrogen) atoms. The first kappa shape index (κ1) is 19.2. The number of aromatic nitrogens is 2. The van der Waals surface area contributed by atoms with Gasteiger partial charge in [0.1, 0.15) is 0 Å². The van der Waals surface area contributed by atoms with Crippen molar-refractivity contribution in [2.24, 2.45) is 0 Å². The van der Waals surface area contributed by atoms with Crippen LogP contribution in [0.4, 0.5) is 4.39 Å². The molecular formula is C24H29FN2. The van der Waals surface area contributed by atoms with Gasteiger partial charge in [-0.3, -0.25) is 0 Å². The molecule has 0 aliphatic rings. The van der Waals surface area contributed by atoms with Crippen LogP contribution >= 0.6 is 0 Å². The molecule has 4 aromatic rings. The lowest BCUT2D eigenvalue weighted by Crippen LogP contribution is -1.89. The Labute approximate surface area is 160 Å². The third-order valence-electron chi connectivity index (χ3n) is 4.92. The number of benzene rings is 2. The van der Waals surface area contributed by atoms with Crippen LogP contribution in [0.25, 0.3) is 21.8 Å². The number of aryl methyl sites for hydroxylation is 2. The van der Waals surface area contributed by atoms with E-state index in [0.29, 0.717) is 17.0 Å². The molecule has 3 heteroatoms. The first-order valence-corrected chi connectivity index (χ1v) is 9.63. The van der Waals surface area contributed by atoms with Crippen LogP contribution < -0.4 is 0 Å². The Morgan fingerprint density at radius 2 is 1.37 bits per heavy atom. The minimum absolute atomic E-state index is 0.102. The zero-order valence-corrected chi connectivity index (χ0v) is 17.1. The van der Waals surface area contributed by atoms with Crippen molar-refractivity contribution in [3.05, 3.63) is 70.8 Å². The number of rotatable bonds is 2. The van der Waals surface area contributed by atoms with Crippen LogP contribution in [0.3, 0.4) is 0 Å². The number of H-pyrrole nitrogens is 2. The molecule has 0 spiro atoms. The van der Waals surface area contributed by atoms with Crippen molar-refractivity contribution in [2.45, 2.75) is 53.4 Å². The molecule has 142 valence electrons. The van der Waals surface area contributed by atoms with Gasteiger partial charge in [-0.15, -0.1) is 0 Å². The monoisotopic (exact) mass is 364 g/mol. The van der Waals surface area contributed by atoms with Gasteiger partial charge in [-0.25, -0.2) is 4.39 Å². The Balaban J connectivity index is 0.000000156. The summed E-state index contributed by atoms with van der Waals surface area (Å²) in [5, 5.41) is 2.01. The van der Waals surface area contributed by atoms with Gasteiger partial charge < -0.3 is 9.97 Å². The number of nitrogens with one attached hydrogen (secondary N) is 2. The van der Waals surface area contributed by atoms with Crippen LogP contribution in [0.2, 0.25) is 0 Å². The van der Waals surface area contributed by atoms with E-state index in [1.807, 2.05) is 39.0 Å². The lowest BCUT2D eigenvalue weighted by Gasteiger charge is -1.99. The molecule has 0 saturated carbocycles. The quantitative estimate of drug-likeness (QED) is 0.373. The summed E-state index contributed by atoms with van der Waals surface area (Å²) in [4.78, 5) is 6.56. The molecule has 2 aromatic heterocycles. The molecule has 2 heterocycles. The minimum atomic E-state index is -0.102. The summed E-state index contributed by atoms with van der Waals surface area (Å²) >= 11 is 0. The number of fused-ring (bicyclic) bond motifs is 2. The van der Waals surface area contributed by atoms with Crippen LogP contribution in [0, 0.1) is 19.7 Å². The van der Waals surface area contributed by atoms with E-state index in [4.69, 9.17) is 0 Å². The first-order valence-electron chi connectivity index (χ1n) is 9.63. The Morgan fingerprint density at radius 1 is 0.741 bits per heavy atom. The molecular weight excluding hydrogens is 335 g/mol. The fraction of sp³-hybridized carbons (Fsp3) is 0.333. The second-order valence-electron chi connectivity index (χ2n) is 8.03. The molecule has 0 aliphatic heterocycles. The highest BCUT2D eigenvalue weighted by atomic mass is 19.1. The molecule has 2 N–H and O–H groups in total. The van der Waals surface area contributed by atoms with Gasteiger partial charge in [0.05, 0.1) is 5.69 Å². The zero-order valence-electron chi connectivity index (χ0n) is 17.1. The average Bonchev–Trinajstić information content (AvgIpc) is 3.16. The van der Waals surface area contributed by atoms with Crippen molar-refractivity contribution >= 4 is 21.8 Å². The molecule has 0 atom stereocenters. The van der Waals surface area contributed by atoms with Gasteiger partial charge in [-0.1, -0.05) is 45.9 Å². The van der Waals surface area contributed by atoms with Crippen molar-refractivity contribution in [2.75, 3.05) is 0 Å². The maximum atomic E-state index is 13.8. The summed E-state index contributed by atoms with van der Waals surface area (Å²) in [6.45, 7) is 12.5. The highest BCUT2D eigenvalue weighted by molar-refractivity contribution is 5.82. The summed E-state index contributed by atoms with van der Waals surface area (Å²) in [5.41, 5.74) is 6.62. The lowest BCUT2D eigenvalue weighted by atomic mass is 10.1. The number of hydrogen-bond acceptors (Lipinski definition) is 0. The molecule has 0 saturated heterocycles. The zero-order chi connectivity index (χ0) is 19.7. The van der Waals surface area contributed by atoms with Gasteiger partial charge in [0.2, 0.25) is 0 Å². The molecule has 0 bridgehead atoms. The lowest BCUT2D eigenvalue weighted by molar-refractivity contribution is 0.605. The summed E-state index contributed by atoms with van der Waals surface area (Å²) < 4.78 is 13.8. The third kappa shape index (κ3) is 4.08. The molecule has 0 fully saturated rings. The van der Waals surface area contributed by atoms with E-state index in [2.05, 4.69) is 55.0 Å². The molecule has 4 rings (SSSR count). The third-order valence-corrected chi connectivity index (χ3v) is 4.92. The molecule has 0 amide bonds. The van der Waals surface area contributed by atoms with Gasteiger partial charge in [0, 0.05) is 22.1 Å². The van der Waals surface area contributed by atoms with Crippen molar-refractivity contribution in [3.8, 4) is 0 Å². The van der Waals surface area contributed by atoms with Crippen molar-refractivity contribution in [3.63, 3.8) is 0 Å². The van der Waals surface area contributed by atoms with Gasteiger partial charge in [0.15, 0.2) is 5.82 Å². The van der Waals surface area contributed by atoms with Crippen molar-refractivity contribution in [1.82, 2.24) is 9.97 Å². The van der Waals surface area contributed by atoms with E-state index in [1.165, 1.54) is 22.2 Å². The van der Waals surface area contributed by atoms with Crippen LogP contribution in [0.1, 0.15) is 62.0 Å².